The molecule has 2 heterocycles. The molecule has 5 nitrogen and oxygen atoms in total. The second-order valence-corrected chi connectivity index (χ2v) is 4.96. The van der Waals surface area contributed by atoms with Crippen LogP contribution in [-0.2, 0) is 6.61 Å². The molecule has 0 spiro atoms. The lowest BCUT2D eigenvalue weighted by Gasteiger charge is -2.06. The van der Waals surface area contributed by atoms with E-state index >= 15 is 0 Å². The number of hydrogen-bond donors (Lipinski definition) is 1. The van der Waals surface area contributed by atoms with Gasteiger partial charge in [-0.15, -0.1) is 10.2 Å². The predicted molar refractivity (Wildman–Crippen MR) is 77.9 cm³/mol. The summed E-state index contributed by atoms with van der Waals surface area (Å²) in [5.41, 5.74) is 8.10. The van der Waals surface area contributed by atoms with Crippen LogP contribution in [0.5, 0.6) is 5.75 Å². The summed E-state index contributed by atoms with van der Waals surface area (Å²) in [5.74, 6) is 1.43. The van der Waals surface area contributed by atoms with Crippen molar-refractivity contribution in [3.05, 3.63) is 52.9 Å². The summed E-state index contributed by atoms with van der Waals surface area (Å²) in [6.45, 7) is 2.32. The van der Waals surface area contributed by atoms with Gasteiger partial charge in [-0.25, -0.2) is 0 Å². The molecule has 6 heteroatoms. The maximum Gasteiger partial charge on any atom is 0.184 e. The van der Waals surface area contributed by atoms with Crippen LogP contribution in [0.1, 0.15) is 11.4 Å². The van der Waals surface area contributed by atoms with Gasteiger partial charge in [-0.1, -0.05) is 29.3 Å². The highest BCUT2D eigenvalue weighted by Gasteiger charge is 2.09. The standard InChI is InChI=1S/C14H13ClN4O/c1-9-2-4-11(5-3-9)20-8-13-17-18-14-12(16)6-10(15)7-19(13)14/h2-7H,8,16H2,1H3. The van der Waals surface area contributed by atoms with Gasteiger partial charge in [0.1, 0.15) is 12.4 Å². The fourth-order valence-corrected chi connectivity index (χ4v) is 2.13. The minimum absolute atomic E-state index is 0.296. The number of hydrogen-bond acceptors (Lipinski definition) is 4. The monoisotopic (exact) mass is 288 g/mol. The van der Waals surface area contributed by atoms with Gasteiger partial charge in [-0.3, -0.25) is 4.40 Å². The lowest BCUT2D eigenvalue weighted by Crippen LogP contribution is -2.02. The SMILES string of the molecule is Cc1ccc(OCc2nnc3c(N)cc(Cl)cn23)cc1. The van der Waals surface area contributed by atoms with E-state index in [-0.39, 0.29) is 0 Å². The van der Waals surface area contributed by atoms with E-state index in [0.29, 0.717) is 28.8 Å². The summed E-state index contributed by atoms with van der Waals surface area (Å²) < 4.78 is 7.43. The molecule has 1 aromatic carbocycles. The van der Waals surface area contributed by atoms with E-state index < -0.39 is 0 Å². The summed E-state index contributed by atoms with van der Waals surface area (Å²) in [5, 5.41) is 8.65. The van der Waals surface area contributed by atoms with E-state index in [1.165, 1.54) is 5.56 Å². The van der Waals surface area contributed by atoms with Crippen LogP contribution < -0.4 is 10.5 Å². The molecule has 0 fully saturated rings. The van der Waals surface area contributed by atoms with Crippen molar-refractivity contribution < 1.29 is 4.74 Å². The number of anilines is 1. The molecule has 2 N–H and O–H groups in total. The number of pyridine rings is 1. The normalized spacial score (nSPS) is 10.9. The van der Waals surface area contributed by atoms with Gasteiger partial charge in [0.05, 0.1) is 10.7 Å². The molecule has 0 aliphatic carbocycles. The van der Waals surface area contributed by atoms with Crippen LogP contribution in [0.15, 0.2) is 36.5 Å². The van der Waals surface area contributed by atoms with E-state index in [1.807, 2.05) is 31.2 Å². The van der Waals surface area contributed by atoms with Crippen LogP contribution in [0.25, 0.3) is 5.65 Å². The van der Waals surface area contributed by atoms with Crippen molar-refractivity contribution in [1.82, 2.24) is 14.6 Å². The first-order valence-electron chi connectivity index (χ1n) is 6.11. The number of nitrogens with two attached hydrogens (primary N) is 1. The van der Waals surface area contributed by atoms with Crippen molar-refractivity contribution in [3.63, 3.8) is 0 Å². The highest BCUT2D eigenvalue weighted by Crippen LogP contribution is 2.19. The van der Waals surface area contributed by atoms with Crippen LogP contribution in [0.4, 0.5) is 5.69 Å². The molecule has 0 aliphatic rings. The van der Waals surface area contributed by atoms with Crippen LogP contribution >= 0.6 is 11.6 Å². The number of halogens is 1. The molecule has 0 amide bonds. The average molecular weight is 289 g/mol. The Bertz CT molecular complexity index is 752. The first kappa shape index (κ1) is 12.7. The van der Waals surface area contributed by atoms with Crippen molar-refractivity contribution in [1.29, 1.82) is 0 Å². The average Bonchev–Trinajstić information content (AvgIpc) is 2.81. The Hall–Kier alpha value is -2.27. The molecule has 0 aliphatic heterocycles. The topological polar surface area (TPSA) is 65.4 Å². The highest BCUT2D eigenvalue weighted by molar-refractivity contribution is 6.30. The summed E-state index contributed by atoms with van der Waals surface area (Å²) in [4.78, 5) is 0. The number of fused-ring (bicyclic) bond motifs is 1. The predicted octanol–water partition coefficient (Wildman–Crippen LogP) is 2.85. The molecule has 0 saturated heterocycles. The fraction of sp³-hybridized carbons (Fsp3) is 0.143. The number of aryl methyl sites for hydroxylation is 1. The second-order valence-electron chi connectivity index (χ2n) is 4.53. The van der Waals surface area contributed by atoms with Gasteiger partial charge in [0.2, 0.25) is 0 Å². The summed E-state index contributed by atoms with van der Waals surface area (Å²) in [6, 6.07) is 9.47. The Morgan fingerprint density at radius 2 is 2.00 bits per heavy atom. The maximum absolute atomic E-state index is 5.99. The molecule has 102 valence electrons. The third-order valence-electron chi connectivity index (χ3n) is 2.96. The molecule has 0 saturated carbocycles. The van der Waals surface area contributed by atoms with Crippen molar-refractivity contribution in [2.24, 2.45) is 0 Å². The van der Waals surface area contributed by atoms with E-state index in [0.717, 1.165) is 5.75 Å². The number of nitrogen functional groups attached to an aromatic ring is 1. The molecule has 0 atom stereocenters. The van der Waals surface area contributed by atoms with Gasteiger partial charge in [0.25, 0.3) is 0 Å². The van der Waals surface area contributed by atoms with Gasteiger partial charge in [-0.05, 0) is 25.1 Å². The quantitative estimate of drug-likeness (QED) is 0.805. The summed E-state index contributed by atoms with van der Waals surface area (Å²) in [7, 11) is 0. The van der Waals surface area contributed by atoms with Crippen LogP contribution in [-0.4, -0.2) is 14.6 Å². The number of ether oxygens (including phenoxy) is 1. The van der Waals surface area contributed by atoms with Crippen LogP contribution in [0.3, 0.4) is 0 Å². The minimum atomic E-state index is 0.296. The van der Waals surface area contributed by atoms with Gasteiger partial charge in [-0.2, -0.15) is 0 Å². The largest absolute Gasteiger partial charge is 0.486 e. The Balaban J connectivity index is 1.86. The van der Waals surface area contributed by atoms with E-state index in [9.17, 15) is 0 Å². The Labute approximate surface area is 121 Å². The van der Waals surface area contributed by atoms with Gasteiger partial charge in [0.15, 0.2) is 11.5 Å². The lowest BCUT2D eigenvalue weighted by molar-refractivity contribution is 0.294. The first-order valence-corrected chi connectivity index (χ1v) is 6.49. The molecule has 2 aromatic heterocycles. The Kier molecular flexibility index (Phi) is 3.20. The highest BCUT2D eigenvalue weighted by atomic mass is 35.5. The molecular weight excluding hydrogens is 276 g/mol. The van der Waals surface area contributed by atoms with Gasteiger partial charge >= 0.3 is 0 Å². The van der Waals surface area contributed by atoms with Crippen LogP contribution in [0.2, 0.25) is 5.02 Å². The zero-order valence-electron chi connectivity index (χ0n) is 10.9. The summed E-state index contributed by atoms with van der Waals surface area (Å²) >= 11 is 5.99. The van der Waals surface area contributed by atoms with Gasteiger partial charge in [0, 0.05) is 6.20 Å². The molecule has 0 radical (unpaired) electrons. The van der Waals surface area contributed by atoms with Crippen molar-refractivity contribution >= 4 is 22.9 Å². The molecule has 0 bridgehead atoms. The van der Waals surface area contributed by atoms with E-state index in [1.54, 1.807) is 16.7 Å². The zero-order valence-corrected chi connectivity index (χ0v) is 11.6. The third-order valence-corrected chi connectivity index (χ3v) is 3.17. The Morgan fingerprint density at radius 1 is 1.25 bits per heavy atom. The smallest absolute Gasteiger partial charge is 0.184 e. The number of benzene rings is 1. The van der Waals surface area contributed by atoms with Crippen molar-refractivity contribution in [3.8, 4) is 5.75 Å². The van der Waals surface area contributed by atoms with E-state index in [2.05, 4.69) is 10.2 Å². The minimum Gasteiger partial charge on any atom is -0.486 e. The molecule has 3 aromatic rings. The Morgan fingerprint density at radius 3 is 2.75 bits per heavy atom. The maximum atomic E-state index is 5.99. The fourth-order valence-electron chi connectivity index (χ4n) is 1.91. The number of rotatable bonds is 3. The first-order chi connectivity index (χ1) is 9.63. The third kappa shape index (κ3) is 2.40. The number of aromatic nitrogens is 3. The molecule has 3 rings (SSSR count). The second kappa shape index (κ2) is 5.02. The molecular formula is C14H13ClN4O. The van der Waals surface area contributed by atoms with Crippen LogP contribution in [0, 0.1) is 6.92 Å². The van der Waals surface area contributed by atoms with Crippen molar-refractivity contribution in [2.45, 2.75) is 13.5 Å². The molecule has 0 unspecified atom stereocenters. The lowest BCUT2D eigenvalue weighted by atomic mass is 10.2. The zero-order chi connectivity index (χ0) is 14.1. The van der Waals surface area contributed by atoms with Gasteiger partial charge < -0.3 is 10.5 Å². The van der Waals surface area contributed by atoms with Crippen molar-refractivity contribution in [2.75, 3.05) is 5.73 Å². The molecule has 20 heavy (non-hydrogen) atoms. The number of nitrogens with zero attached hydrogens (tertiary/aromatic N) is 3. The van der Waals surface area contributed by atoms with E-state index in [4.69, 9.17) is 22.1 Å². The summed E-state index contributed by atoms with van der Waals surface area (Å²) in [6.07, 6.45) is 1.72.